The quantitative estimate of drug-likeness (QED) is 0.832. The number of aromatic nitrogens is 1. The smallest absolute Gasteiger partial charge is 0.242 e. The Bertz CT molecular complexity index is 584. The lowest BCUT2D eigenvalue weighted by Gasteiger charge is -2.10. The van der Waals surface area contributed by atoms with Gasteiger partial charge >= 0.3 is 0 Å². The molecule has 79 valence electrons. The maximum absolute atomic E-state index is 11.8. The molecule has 1 aromatic heterocycles. The predicted molar refractivity (Wildman–Crippen MR) is 58.0 cm³/mol. The summed E-state index contributed by atoms with van der Waals surface area (Å²) in [7, 11) is -0.318. The van der Waals surface area contributed by atoms with Crippen molar-refractivity contribution in [3.05, 3.63) is 30.5 Å². The van der Waals surface area contributed by atoms with Crippen LogP contribution >= 0.6 is 0 Å². The molecule has 0 unspecified atom stereocenters. The molecule has 1 N–H and O–H groups in total. The second-order valence-electron chi connectivity index (χ2n) is 3.43. The zero-order valence-corrected chi connectivity index (χ0v) is 9.30. The molecule has 0 amide bonds. The summed E-state index contributed by atoms with van der Waals surface area (Å²) in [5.41, 5.74) is 0.776. The number of fused-ring (bicyclic) bond motifs is 1. The van der Waals surface area contributed by atoms with E-state index in [0.29, 0.717) is 0 Å². The standard InChI is InChI=1S/C10H11N2O2S/c1-12(2)15(13,14)9-4-3-8-5-6-11-10(8)7-9/h3-4,6-7,11H,1-2H3. The average Bonchev–Trinajstić information content (AvgIpc) is 2.63. The highest BCUT2D eigenvalue weighted by atomic mass is 32.2. The second-order valence-corrected chi connectivity index (χ2v) is 5.58. The molecule has 5 heteroatoms. The Morgan fingerprint density at radius 2 is 2.07 bits per heavy atom. The van der Waals surface area contributed by atoms with E-state index in [2.05, 4.69) is 11.1 Å². The van der Waals surface area contributed by atoms with Crippen molar-refractivity contribution < 1.29 is 8.42 Å². The zero-order chi connectivity index (χ0) is 11.1. The molecular weight excluding hydrogens is 212 g/mol. The molecule has 0 aliphatic carbocycles. The highest BCUT2D eigenvalue weighted by Crippen LogP contribution is 2.19. The SMILES string of the molecule is CN(C)S(=O)(=O)c1ccc2[c]c[nH]c2c1. The minimum atomic E-state index is -3.35. The van der Waals surface area contributed by atoms with E-state index >= 15 is 0 Å². The Morgan fingerprint density at radius 3 is 2.73 bits per heavy atom. The molecule has 1 radical (unpaired) electrons. The number of nitrogens with zero attached hydrogens (tertiary/aromatic N) is 1. The molecule has 2 rings (SSSR count). The van der Waals surface area contributed by atoms with Crippen molar-refractivity contribution in [3.63, 3.8) is 0 Å². The maximum atomic E-state index is 11.8. The number of hydrogen-bond donors (Lipinski definition) is 1. The van der Waals surface area contributed by atoms with E-state index in [1.54, 1.807) is 24.4 Å². The van der Waals surface area contributed by atoms with Crippen molar-refractivity contribution in [3.8, 4) is 0 Å². The Labute approximate surface area is 88.6 Å². The van der Waals surface area contributed by atoms with Crippen LogP contribution in [0.15, 0.2) is 29.3 Å². The van der Waals surface area contributed by atoms with Gasteiger partial charge in [0.05, 0.1) is 4.90 Å². The molecule has 0 atom stereocenters. The van der Waals surface area contributed by atoms with E-state index in [0.717, 1.165) is 10.9 Å². The number of nitrogens with one attached hydrogen (secondary N) is 1. The molecule has 2 aromatic rings. The summed E-state index contributed by atoms with van der Waals surface area (Å²) in [5, 5.41) is 0.882. The Kier molecular flexibility index (Phi) is 2.28. The maximum Gasteiger partial charge on any atom is 0.242 e. The van der Waals surface area contributed by atoms with Gasteiger partial charge in [-0.1, -0.05) is 6.07 Å². The molecule has 0 fully saturated rings. The Balaban J connectivity index is 2.63. The molecular formula is C10H11N2O2S. The lowest BCUT2D eigenvalue weighted by Crippen LogP contribution is -2.22. The van der Waals surface area contributed by atoms with Gasteiger partial charge in [-0.05, 0) is 12.1 Å². The highest BCUT2D eigenvalue weighted by molar-refractivity contribution is 7.89. The molecule has 0 aliphatic heterocycles. The van der Waals surface area contributed by atoms with Gasteiger partial charge in [-0.15, -0.1) is 0 Å². The number of rotatable bonds is 2. The molecule has 0 bridgehead atoms. The largest absolute Gasteiger partial charge is 0.361 e. The third-order valence-corrected chi connectivity index (χ3v) is 4.04. The number of benzene rings is 1. The van der Waals surface area contributed by atoms with E-state index in [1.165, 1.54) is 18.4 Å². The normalized spacial score (nSPS) is 12.5. The van der Waals surface area contributed by atoms with Crippen molar-refractivity contribution in [1.29, 1.82) is 0 Å². The van der Waals surface area contributed by atoms with Gasteiger partial charge < -0.3 is 4.98 Å². The first-order chi connectivity index (χ1) is 7.01. The third kappa shape index (κ3) is 1.64. The first-order valence-electron chi connectivity index (χ1n) is 4.43. The van der Waals surface area contributed by atoms with Gasteiger partial charge in [0.15, 0.2) is 0 Å². The summed E-state index contributed by atoms with van der Waals surface area (Å²) in [6, 6.07) is 7.90. The summed E-state index contributed by atoms with van der Waals surface area (Å²) in [5.74, 6) is 0. The Morgan fingerprint density at radius 1 is 1.33 bits per heavy atom. The van der Waals surface area contributed by atoms with Gasteiger partial charge in [-0.2, -0.15) is 0 Å². The fourth-order valence-corrected chi connectivity index (χ4v) is 2.26. The number of hydrogen-bond acceptors (Lipinski definition) is 2. The minimum absolute atomic E-state index is 0.288. The van der Waals surface area contributed by atoms with Crippen LogP contribution in [0.2, 0.25) is 0 Å². The van der Waals surface area contributed by atoms with Gasteiger partial charge in [0, 0.05) is 37.3 Å². The van der Waals surface area contributed by atoms with Gasteiger partial charge in [0.1, 0.15) is 0 Å². The van der Waals surface area contributed by atoms with Crippen LogP contribution in [-0.2, 0) is 10.0 Å². The van der Waals surface area contributed by atoms with Crippen LogP contribution in [0.3, 0.4) is 0 Å². The minimum Gasteiger partial charge on any atom is -0.361 e. The molecule has 15 heavy (non-hydrogen) atoms. The van der Waals surface area contributed by atoms with Crippen molar-refractivity contribution in [2.75, 3.05) is 14.1 Å². The molecule has 1 heterocycles. The lowest BCUT2D eigenvalue weighted by atomic mass is 10.2. The van der Waals surface area contributed by atoms with Crippen molar-refractivity contribution in [2.24, 2.45) is 0 Å². The summed E-state index contributed by atoms with van der Waals surface area (Å²) in [6.45, 7) is 0. The lowest BCUT2D eigenvalue weighted by molar-refractivity contribution is 0.521. The van der Waals surface area contributed by atoms with Crippen LogP contribution in [0.4, 0.5) is 0 Å². The molecule has 4 nitrogen and oxygen atoms in total. The van der Waals surface area contributed by atoms with Crippen LogP contribution < -0.4 is 0 Å². The van der Waals surface area contributed by atoms with Crippen molar-refractivity contribution >= 4 is 20.9 Å². The fraction of sp³-hybridized carbons (Fsp3) is 0.200. The Hall–Kier alpha value is -1.33. The summed E-state index contributed by atoms with van der Waals surface area (Å²) in [4.78, 5) is 3.22. The average molecular weight is 223 g/mol. The molecule has 0 spiro atoms. The van der Waals surface area contributed by atoms with E-state index in [9.17, 15) is 8.42 Å². The molecule has 0 aliphatic rings. The van der Waals surface area contributed by atoms with Gasteiger partial charge in [-0.3, -0.25) is 0 Å². The van der Waals surface area contributed by atoms with Crippen LogP contribution in [0.5, 0.6) is 0 Å². The molecule has 1 aromatic carbocycles. The summed E-state index contributed by atoms with van der Waals surface area (Å²) in [6.07, 6.45) is 1.66. The van der Waals surface area contributed by atoms with Gasteiger partial charge in [0.2, 0.25) is 10.0 Å². The van der Waals surface area contributed by atoms with Gasteiger partial charge in [0.25, 0.3) is 0 Å². The number of sulfonamides is 1. The molecule has 0 saturated heterocycles. The van der Waals surface area contributed by atoms with E-state index < -0.39 is 10.0 Å². The number of H-pyrrole nitrogens is 1. The second kappa shape index (κ2) is 3.36. The van der Waals surface area contributed by atoms with Crippen LogP contribution in [0, 0.1) is 6.07 Å². The van der Waals surface area contributed by atoms with Crippen molar-refractivity contribution in [2.45, 2.75) is 4.90 Å². The van der Waals surface area contributed by atoms with Crippen LogP contribution in [0.25, 0.3) is 10.9 Å². The summed E-state index contributed by atoms with van der Waals surface area (Å²) < 4.78 is 24.8. The summed E-state index contributed by atoms with van der Waals surface area (Å²) >= 11 is 0. The topological polar surface area (TPSA) is 53.2 Å². The van der Waals surface area contributed by atoms with E-state index in [-0.39, 0.29) is 4.90 Å². The fourth-order valence-electron chi connectivity index (χ4n) is 1.33. The van der Waals surface area contributed by atoms with E-state index in [4.69, 9.17) is 0 Å². The predicted octanol–water partition coefficient (Wildman–Crippen LogP) is 1.22. The van der Waals surface area contributed by atoms with E-state index in [1.807, 2.05) is 0 Å². The van der Waals surface area contributed by atoms with Crippen LogP contribution in [-0.4, -0.2) is 31.8 Å². The van der Waals surface area contributed by atoms with Gasteiger partial charge in [-0.25, -0.2) is 12.7 Å². The highest BCUT2D eigenvalue weighted by Gasteiger charge is 2.17. The van der Waals surface area contributed by atoms with Crippen LogP contribution in [0.1, 0.15) is 0 Å². The zero-order valence-electron chi connectivity index (χ0n) is 8.48. The first-order valence-corrected chi connectivity index (χ1v) is 5.87. The van der Waals surface area contributed by atoms with Crippen molar-refractivity contribution in [1.82, 2.24) is 9.29 Å². The molecule has 0 saturated carbocycles. The monoisotopic (exact) mass is 223 g/mol. The number of aromatic amines is 1. The third-order valence-electron chi connectivity index (χ3n) is 2.22. The first kappa shape index (κ1) is 10.2.